The van der Waals surface area contributed by atoms with Crippen LogP contribution in [0.5, 0.6) is 0 Å². The fourth-order valence-electron chi connectivity index (χ4n) is 3.14. The number of anilines is 2. The van der Waals surface area contributed by atoms with Crippen molar-refractivity contribution in [1.29, 1.82) is 0 Å². The molecule has 0 aromatic carbocycles. The number of rotatable bonds is 6. The van der Waals surface area contributed by atoms with Crippen molar-refractivity contribution in [3.8, 4) is 0 Å². The number of aromatic nitrogens is 2. The van der Waals surface area contributed by atoms with Gasteiger partial charge in [-0.2, -0.15) is 0 Å². The molecule has 2 aromatic heterocycles. The van der Waals surface area contributed by atoms with Crippen LogP contribution in [0.1, 0.15) is 42.7 Å². The zero-order valence-electron chi connectivity index (χ0n) is 14.6. The van der Waals surface area contributed by atoms with Crippen LogP contribution in [0.25, 0.3) is 0 Å². The van der Waals surface area contributed by atoms with E-state index in [2.05, 4.69) is 23.3 Å². The zero-order chi connectivity index (χ0) is 17.6. The largest absolute Gasteiger partial charge is 0.342 e. The Morgan fingerprint density at radius 3 is 2.92 bits per heavy atom. The Kier molecular flexibility index (Phi) is 5.99. The van der Waals surface area contributed by atoms with Crippen molar-refractivity contribution >= 4 is 28.2 Å². The second kappa shape index (κ2) is 8.40. The van der Waals surface area contributed by atoms with E-state index in [9.17, 15) is 4.79 Å². The third-order valence-electron chi connectivity index (χ3n) is 4.50. The zero-order valence-corrected chi connectivity index (χ0v) is 15.4. The Bertz CT molecular complexity index is 709. The topological polar surface area (TPSA) is 84.1 Å². The second-order valence-electron chi connectivity index (χ2n) is 6.31. The number of likely N-dealkylation sites (tertiary alicyclic amines) is 1. The number of nitrogens with zero attached hydrogens (tertiary/aromatic N) is 3. The molecular formula is C18H25N5OS. The van der Waals surface area contributed by atoms with E-state index in [1.165, 1.54) is 4.88 Å². The summed E-state index contributed by atoms with van der Waals surface area (Å²) in [6.07, 6.45) is 5.98. The minimum atomic E-state index is 0.0356. The summed E-state index contributed by atoms with van der Waals surface area (Å²) >= 11 is 1.68. The molecule has 1 aliphatic rings. The van der Waals surface area contributed by atoms with Crippen LogP contribution in [0, 0.1) is 0 Å². The van der Waals surface area contributed by atoms with Crippen LogP contribution in [-0.2, 0) is 11.2 Å². The van der Waals surface area contributed by atoms with Gasteiger partial charge in [0.2, 0.25) is 5.91 Å². The maximum atomic E-state index is 11.7. The quantitative estimate of drug-likeness (QED) is 0.828. The van der Waals surface area contributed by atoms with Crippen molar-refractivity contribution in [2.45, 2.75) is 38.5 Å². The molecule has 1 fully saturated rings. The van der Waals surface area contributed by atoms with Crippen molar-refractivity contribution in [3.63, 3.8) is 0 Å². The number of piperidine rings is 1. The molecule has 1 amide bonds. The van der Waals surface area contributed by atoms with Crippen LogP contribution in [0.2, 0.25) is 0 Å². The predicted octanol–water partition coefficient (Wildman–Crippen LogP) is 2.90. The number of carbonyl (C=O) groups is 1. The summed E-state index contributed by atoms with van der Waals surface area (Å²) in [6, 6.07) is 6.07. The van der Waals surface area contributed by atoms with Gasteiger partial charge in [-0.25, -0.2) is 9.97 Å². The number of nitrogens with one attached hydrogen (secondary N) is 1. The number of amides is 1. The normalized spacial score (nSPS) is 15.4. The molecule has 0 saturated carbocycles. The molecule has 3 rings (SSSR count). The third-order valence-corrected chi connectivity index (χ3v) is 5.47. The first-order valence-electron chi connectivity index (χ1n) is 8.86. The summed E-state index contributed by atoms with van der Waals surface area (Å²) in [6.45, 7) is 3.78. The number of hydrogen-bond acceptors (Lipinski definition) is 6. The SMILES string of the molecule is CCCc1cnc(Nc2cccc(C3CCN(C(=O)CN)CC3)n2)s1. The molecule has 7 heteroatoms. The Hall–Kier alpha value is -1.99. The van der Waals surface area contributed by atoms with E-state index in [0.717, 1.165) is 55.4 Å². The molecule has 3 N–H and O–H groups in total. The van der Waals surface area contributed by atoms with Crippen LogP contribution in [0.3, 0.4) is 0 Å². The van der Waals surface area contributed by atoms with E-state index in [4.69, 9.17) is 10.7 Å². The molecule has 6 nitrogen and oxygen atoms in total. The minimum absolute atomic E-state index is 0.0356. The van der Waals surface area contributed by atoms with E-state index in [1.54, 1.807) is 11.3 Å². The van der Waals surface area contributed by atoms with Gasteiger partial charge in [0.15, 0.2) is 5.13 Å². The number of aryl methyl sites for hydroxylation is 1. The molecule has 0 radical (unpaired) electrons. The lowest BCUT2D eigenvalue weighted by molar-refractivity contribution is -0.130. The lowest BCUT2D eigenvalue weighted by Gasteiger charge is -2.31. The summed E-state index contributed by atoms with van der Waals surface area (Å²) in [5.41, 5.74) is 6.52. The molecule has 0 bridgehead atoms. The Labute approximate surface area is 152 Å². The molecule has 25 heavy (non-hydrogen) atoms. The average molecular weight is 359 g/mol. The van der Waals surface area contributed by atoms with Gasteiger partial charge in [-0.1, -0.05) is 19.4 Å². The predicted molar refractivity (Wildman–Crippen MR) is 101 cm³/mol. The molecular weight excluding hydrogens is 334 g/mol. The molecule has 1 saturated heterocycles. The summed E-state index contributed by atoms with van der Waals surface area (Å²) < 4.78 is 0. The Morgan fingerprint density at radius 2 is 2.20 bits per heavy atom. The van der Waals surface area contributed by atoms with Gasteiger partial charge >= 0.3 is 0 Å². The number of carbonyl (C=O) groups excluding carboxylic acids is 1. The minimum Gasteiger partial charge on any atom is -0.342 e. The van der Waals surface area contributed by atoms with Crippen LogP contribution >= 0.6 is 11.3 Å². The van der Waals surface area contributed by atoms with E-state index < -0.39 is 0 Å². The van der Waals surface area contributed by atoms with Crippen molar-refractivity contribution in [2.75, 3.05) is 25.0 Å². The van der Waals surface area contributed by atoms with Crippen molar-refractivity contribution in [2.24, 2.45) is 5.73 Å². The van der Waals surface area contributed by atoms with Gasteiger partial charge in [0.1, 0.15) is 5.82 Å². The number of thiazole rings is 1. The first-order chi connectivity index (χ1) is 12.2. The fourth-order valence-corrected chi connectivity index (χ4v) is 4.06. The number of pyridine rings is 1. The molecule has 0 aliphatic carbocycles. The molecule has 1 aliphatic heterocycles. The summed E-state index contributed by atoms with van der Waals surface area (Å²) in [5, 5.41) is 4.20. The van der Waals surface area contributed by atoms with Crippen molar-refractivity contribution in [3.05, 3.63) is 35.0 Å². The fraction of sp³-hybridized carbons (Fsp3) is 0.500. The maximum Gasteiger partial charge on any atom is 0.236 e. The van der Waals surface area contributed by atoms with Crippen molar-refractivity contribution < 1.29 is 4.79 Å². The van der Waals surface area contributed by atoms with Gasteiger partial charge < -0.3 is 16.0 Å². The molecule has 3 heterocycles. The van der Waals surface area contributed by atoms with Crippen molar-refractivity contribution in [1.82, 2.24) is 14.9 Å². The average Bonchev–Trinajstić information content (AvgIpc) is 3.09. The van der Waals surface area contributed by atoms with Crippen LogP contribution in [0.4, 0.5) is 10.9 Å². The van der Waals surface area contributed by atoms with Gasteiger partial charge in [0.25, 0.3) is 0 Å². The third kappa shape index (κ3) is 4.55. The van der Waals surface area contributed by atoms with E-state index in [0.29, 0.717) is 5.92 Å². The van der Waals surface area contributed by atoms with E-state index >= 15 is 0 Å². The smallest absolute Gasteiger partial charge is 0.236 e. The van der Waals surface area contributed by atoms with Crippen LogP contribution in [-0.4, -0.2) is 40.4 Å². The second-order valence-corrected chi connectivity index (χ2v) is 7.43. The van der Waals surface area contributed by atoms with Gasteiger partial charge in [-0.15, -0.1) is 11.3 Å². The summed E-state index contributed by atoms with van der Waals surface area (Å²) in [7, 11) is 0. The summed E-state index contributed by atoms with van der Waals surface area (Å²) in [4.78, 5) is 24.0. The van der Waals surface area contributed by atoms with Crippen LogP contribution in [0.15, 0.2) is 24.4 Å². The molecule has 0 spiro atoms. The molecule has 134 valence electrons. The van der Waals surface area contributed by atoms with E-state index in [1.807, 2.05) is 23.2 Å². The molecule has 0 unspecified atom stereocenters. The number of nitrogens with two attached hydrogens (primary N) is 1. The Morgan fingerprint density at radius 1 is 1.40 bits per heavy atom. The summed E-state index contributed by atoms with van der Waals surface area (Å²) in [5.74, 6) is 1.25. The monoisotopic (exact) mass is 359 g/mol. The lowest BCUT2D eigenvalue weighted by Crippen LogP contribution is -2.41. The van der Waals surface area contributed by atoms with E-state index in [-0.39, 0.29) is 12.5 Å². The van der Waals surface area contributed by atoms with Gasteiger partial charge in [-0.05, 0) is 31.4 Å². The standard InChI is InChI=1S/C18H25N5OS/c1-2-4-14-12-20-18(25-14)22-16-6-3-5-15(21-16)13-7-9-23(10-8-13)17(24)11-19/h3,5-6,12-13H,2,4,7-11,19H2,1H3,(H,20,21,22). The van der Waals surface area contributed by atoms with Gasteiger partial charge in [0, 0.05) is 35.8 Å². The highest BCUT2D eigenvalue weighted by molar-refractivity contribution is 7.15. The highest BCUT2D eigenvalue weighted by Crippen LogP contribution is 2.28. The highest BCUT2D eigenvalue weighted by atomic mass is 32.1. The first-order valence-corrected chi connectivity index (χ1v) is 9.67. The van der Waals surface area contributed by atoms with Gasteiger partial charge in [0.05, 0.1) is 6.54 Å². The van der Waals surface area contributed by atoms with Crippen LogP contribution < -0.4 is 11.1 Å². The Balaban J connectivity index is 1.62. The molecule has 2 aromatic rings. The highest BCUT2D eigenvalue weighted by Gasteiger charge is 2.24. The first kappa shape index (κ1) is 17.8. The van der Waals surface area contributed by atoms with Gasteiger partial charge in [-0.3, -0.25) is 4.79 Å². The molecule has 0 atom stereocenters. The maximum absolute atomic E-state index is 11.7. The number of hydrogen-bond donors (Lipinski definition) is 2. The lowest BCUT2D eigenvalue weighted by atomic mass is 9.93.